The second-order valence-corrected chi connectivity index (χ2v) is 5.20. The first-order valence-electron chi connectivity index (χ1n) is 6.77. The largest absolute Gasteiger partial charge is 0.414 e. The number of nitrogens with one attached hydrogen (secondary N) is 2. The Morgan fingerprint density at radius 3 is 2.80 bits per heavy atom. The second kappa shape index (κ2) is 6.05. The van der Waals surface area contributed by atoms with Gasteiger partial charge in [0.15, 0.2) is 0 Å². The van der Waals surface area contributed by atoms with Crippen molar-refractivity contribution in [2.45, 2.75) is 25.7 Å². The molecule has 5 nitrogen and oxygen atoms in total. The van der Waals surface area contributed by atoms with Crippen LogP contribution in [0.4, 0.5) is 6.01 Å². The lowest BCUT2D eigenvalue weighted by Crippen LogP contribution is -2.74. The molecular weight excluding hydrogens is 276 g/mol. The summed E-state index contributed by atoms with van der Waals surface area (Å²) in [5, 5.41) is 11.9. The van der Waals surface area contributed by atoms with Crippen LogP contribution in [0.2, 0.25) is 5.02 Å². The highest BCUT2D eigenvalue weighted by molar-refractivity contribution is 6.30. The van der Waals surface area contributed by atoms with Crippen molar-refractivity contribution in [2.75, 3.05) is 11.9 Å². The molecule has 0 radical (unpaired) electrons. The maximum absolute atomic E-state index is 5.86. The molecule has 2 N–H and O–H groups in total. The Morgan fingerprint density at radius 1 is 1.10 bits per heavy atom. The van der Waals surface area contributed by atoms with Crippen molar-refractivity contribution in [2.24, 2.45) is 0 Å². The summed E-state index contributed by atoms with van der Waals surface area (Å²) < 4.78 is 5.62. The van der Waals surface area contributed by atoms with E-state index in [0.29, 0.717) is 16.9 Å². The number of hydrogen-bond acceptors (Lipinski definition) is 4. The molecule has 0 unspecified atom stereocenters. The lowest BCUT2D eigenvalue weighted by molar-refractivity contribution is -0.457. The highest BCUT2D eigenvalue weighted by atomic mass is 35.5. The molecule has 1 aliphatic heterocycles. The molecule has 6 heteroatoms. The van der Waals surface area contributed by atoms with E-state index >= 15 is 0 Å². The van der Waals surface area contributed by atoms with Gasteiger partial charge in [-0.3, -0.25) is 4.99 Å². The third-order valence-corrected chi connectivity index (χ3v) is 3.47. The van der Waals surface area contributed by atoms with Crippen LogP contribution in [-0.4, -0.2) is 22.6 Å². The molecule has 0 saturated heterocycles. The van der Waals surface area contributed by atoms with Crippen LogP contribution < -0.4 is 10.3 Å². The van der Waals surface area contributed by atoms with Crippen LogP contribution in [-0.2, 0) is 0 Å². The van der Waals surface area contributed by atoms with Gasteiger partial charge in [-0.05, 0) is 43.5 Å². The molecule has 0 fully saturated rings. The van der Waals surface area contributed by atoms with Crippen LogP contribution in [0.1, 0.15) is 25.7 Å². The summed E-state index contributed by atoms with van der Waals surface area (Å²) in [6.07, 6.45) is 4.61. The lowest BCUT2D eigenvalue weighted by Gasteiger charge is -1.96. The van der Waals surface area contributed by atoms with Crippen LogP contribution in [0, 0.1) is 0 Å². The van der Waals surface area contributed by atoms with Gasteiger partial charge >= 0.3 is 6.01 Å². The molecule has 1 aromatic heterocycles. The van der Waals surface area contributed by atoms with Crippen LogP contribution in [0.25, 0.3) is 11.5 Å². The maximum Gasteiger partial charge on any atom is 0.414 e. The topological polar surface area (TPSA) is 64.9 Å². The molecule has 2 aromatic rings. The van der Waals surface area contributed by atoms with Crippen molar-refractivity contribution in [3.05, 3.63) is 29.3 Å². The molecule has 0 saturated carbocycles. The van der Waals surface area contributed by atoms with Crippen molar-refractivity contribution in [3.63, 3.8) is 0 Å². The molecule has 0 amide bonds. The summed E-state index contributed by atoms with van der Waals surface area (Å²) >= 11 is 5.86. The zero-order valence-electron chi connectivity index (χ0n) is 11.0. The highest BCUT2D eigenvalue weighted by Crippen LogP contribution is 2.21. The van der Waals surface area contributed by atoms with Gasteiger partial charge in [0.2, 0.25) is 0 Å². The van der Waals surface area contributed by atoms with Gasteiger partial charge in [-0.25, -0.2) is 0 Å². The van der Waals surface area contributed by atoms with Gasteiger partial charge < -0.3 is 4.42 Å². The van der Waals surface area contributed by atoms with Crippen LogP contribution in [0.15, 0.2) is 28.7 Å². The third-order valence-electron chi connectivity index (χ3n) is 3.22. The van der Waals surface area contributed by atoms with E-state index in [1.807, 2.05) is 12.1 Å². The van der Waals surface area contributed by atoms with Crippen molar-refractivity contribution >= 4 is 23.5 Å². The van der Waals surface area contributed by atoms with Crippen LogP contribution in [0.5, 0.6) is 0 Å². The Balaban J connectivity index is 1.73. The first-order valence-corrected chi connectivity index (χ1v) is 7.15. The summed E-state index contributed by atoms with van der Waals surface area (Å²) in [6.45, 7) is 0.987. The fraction of sp³-hybridized carbons (Fsp3) is 0.357. The summed E-state index contributed by atoms with van der Waals surface area (Å²) in [4.78, 5) is 3.35. The van der Waals surface area contributed by atoms with Gasteiger partial charge in [-0.15, -0.1) is 5.10 Å². The van der Waals surface area contributed by atoms with E-state index in [-0.39, 0.29) is 0 Å². The van der Waals surface area contributed by atoms with Gasteiger partial charge in [0.25, 0.3) is 11.7 Å². The Kier molecular flexibility index (Phi) is 3.97. The zero-order valence-corrected chi connectivity index (χ0v) is 11.8. The molecule has 3 rings (SSSR count). The first kappa shape index (κ1) is 13.1. The Hall–Kier alpha value is -1.88. The quantitative estimate of drug-likeness (QED) is 0.886. The SMILES string of the molecule is Clc1ccc(-c2nnc(NC3=[NH+]CCCCC3)o2)cc1. The summed E-state index contributed by atoms with van der Waals surface area (Å²) in [5.41, 5.74) is 0.855. The van der Waals surface area contributed by atoms with E-state index in [1.165, 1.54) is 19.3 Å². The molecule has 0 bridgehead atoms. The smallest absolute Gasteiger partial charge is 0.386 e. The number of nitrogens with zero attached hydrogens (tertiary/aromatic N) is 2. The minimum atomic E-state index is 0.416. The van der Waals surface area contributed by atoms with Crippen molar-refractivity contribution < 1.29 is 9.41 Å². The molecule has 104 valence electrons. The van der Waals surface area contributed by atoms with Gasteiger partial charge in [0, 0.05) is 17.0 Å². The second-order valence-electron chi connectivity index (χ2n) is 4.76. The minimum absolute atomic E-state index is 0.416. The van der Waals surface area contributed by atoms with Crippen LogP contribution in [0.3, 0.4) is 0 Å². The predicted molar refractivity (Wildman–Crippen MR) is 77.7 cm³/mol. The van der Waals surface area contributed by atoms with Gasteiger partial charge in [-0.2, -0.15) is 5.32 Å². The van der Waals surface area contributed by atoms with Crippen LogP contribution >= 0.6 is 11.6 Å². The fourth-order valence-corrected chi connectivity index (χ4v) is 2.28. The van der Waals surface area contributed by atoms with E-state index in [2.05, 4.69) is 20.5 Å². The van der Waals surface area contributed by atoms with E-state index in [9.17, 15) is 0 Å². The van der Waals surface area contributed by atoms with E-state index in [0.717, 1.165) is 24.4 Å². The zero-order chi connectivity index (χ0) is 13.8. The van der Waals surface area contributed by atoms with Gasteiger partial charge in [0.1, 0.15) is 0 Å². The van der Waals surface area contributed by atoms with E-state index in [1.54, 1.807) is 12.1 Å². The van der Waals surface area contributed by atoms with Crippen molar-refractivity contribution in [1.82, 2.24) is 10.2 Å². The van der Waals surface area contributed by atoms with Crippen molar-refractivity contribution in [3.8, 4) is 11.5 Å². The predicted octanol–water partition coefficient (Wildman–Crippen LogP) is 1.85. The molecule has 0 atom stereocenters. The average molecular weight is 292 g/mol. The minimum Gasteiger partial charge on any atom is -0.386 e. The van der Waals surface area contributed by atoms with Crippen molar-refractivity contribution in [1.29, 1.82) is 0 Å². The average Bonchev–Trinajstić information content (AvgIpc) is 2.76. The third kappa shape index (κ3) is 3.17. The van der Waals surface area contributed by atoms with Gasteiger partial charge in [0.05, 0.1) is 6.54 Å². The van der Waals surface area contributed by atoms with E-state index in [4.69, 9.17) is 16.0 Å². The molecule has 2 heterocycles. The molecule has 20 heavy (non-hydrogen) atoms. The fourth-order valence-electron chi connectivity index (χ4n) is 2.15. The Labute approximate surface area is 122 Å². The number of halogens is 1. The Bertz CT molecular complexity index is 606. The standard InChI is InChI=1S/C14H15ClN4O/c15-11-7-5-10(6-8-11)13-18-19-14(20-13)17-12-4-2-1-3-9-16-12/h5-8H,1-4,9H2,(H,16,17,19)/p+1. The number of hydrogen-bond donors (Lipinski definition) is 2. The first-order chi connectivity index (χ1) is 9.81. The molecule has 0 spiro atoms. The summed E-state index contributed by atoms with van der Waals surface area (Å²) in [6, 6.07) is 7.73. The Morgan fingerprint density at radius 2 is 1.95 bits per heavy atom. The summed E-state index contributed by atoms with van der Waals surface area (Å²) in [5.74, 6) is 1.53. The summed E-state index contributed by atoms with van der Waals surface area (Å²) in [7, 11) is 0. The highest BCUT2D eigenvalue weighted by Gasteiger charge is 2.16. The lowest BCUT2D eigenvalue weighted by atomic mass is 10.2. The monoisotopic (exact) mass is 291 g/mol. The molecular formula is C14H16ClN4O+. The molecule has 1 aliphatic rings. The normalized spacial score (nSPS) is 15.6. The number of benzene rings is 1. The maximum atomic E-state index is 5.86. The molecule has 0 aliphatic carbocycles. The molecule has 1 aromatic carbocycles. The number of amidine groups is 1. The van der Waals surface area contributed by atoms with Gasteiger partial charge in [-0.1, -0.05) is 16.7 Å². The number of aromatic nitrogens is 2. The number of rotatable bonds is 2. The van der Waals surface area contributed by atoms with E-state index < -0.39 is 0 Å². The number of anilines is 1.